The van der Waals surface area contributed by atoms with Gasteiger partial charge in [0.25, 0.3) is 5.91 Å². The molecule has 1 unspecified atom stereocenters. The number of benzene rings is 1. The highest BCUT2D eigenvalue weighted by molar-refractivity contribution is 6.09. The van der Waals surface area contributed by atoms with Gasteiger partial charge in [-0.3, -0.25) is 24.8 Å². The smallest absolute Gasteiger partial charge is 0.328 e. The number of rotatable bonds is 7. The summed E-state index contributed by atoms with van der Waals surface area (Å²) in [6.45, 7) is 2.35. The molecule has 3 rings (SSSR count). The topological polar surface area (TPSA) is 91.4 Å². The molecule has 2 N–H and O–H groups in total. The van der Waals surface area contributed by atoms with Crippen molar-refractivity contribution in [1.82, 2.24) is 15.6 Å². The molecule has 1 atom stereocenters. The van der Waals surface area contributed by atoms with Crippen molar-refractivity contribution in [2.45, 2.75) is 38.6 Å². The van der Waals surface area contributed by atoms with Crippen LogP contribution >= 0.6 is 0 Å². The number of nitrogens with one attached hydrogen (secondary N) is 2. The van der Waals surface area contributed by atoms with Crippen molar-refractivity contribution in [3.8, 4) is 0 Å². The molecule has 1 saturated heterocycles. The van der Waals surface area contributed by atoms with Crippen LogP contribution in [0.25, 0.3) is 0 Å². The van der Waals surface area contributed by atoms with E-state index < -0.39 is 6.03 Å². The molecule has 7 heteroatoms. The summed E-state index contributed by atoms with van der Waals surface area (Å²) >= 11 is 0. The second-order valence-corrected chi connectivity index (χ2v) is 6.73. The Morgan fingerprint density at radius 2 is 2.07 bits per heavy atom. The van der Waals surface area contributed by atoms with Crippen LogP contribution in [-0.2, 0) is 4.79 Å². The summed E-state index contributed by atoms with van der Waals surface area (Å²) in [6, 6.07) is 10.1. The number of urea groups is 1. The average molecular weight is 380 g/mol. The van der Waals surface area contributed by atoms with E-state index in [1.54, 1.807) is 36.7 Å². The first-order chi connectivity index (χ1) is 13.6. The van der Waals surface area contributed by atoms with E-state index in [4.69, 9.17) is 0 Å². The predicted molar refractivity (Wildman–Crippen MR) is 106 cm³/mol. The number of anilines is 1. The minimum Gasteiger partial charge on any atom is -0.345 e. The van der Waals surface area contributed by atoms with Crippen LogP contribution in [0.1, 0.15) is 54.6 Å². The van der Waals surface area contributed by atoms with E-state index in [1.807, 2.05) is 12.1 Å². The zero-order valence-corrected chi connectivity index (χ0v) is 15.9. The number of pyridine rings is 1. The molecule has 0 bridgehead atoms. The average Bonchev–Trinajstić information content (AvgIpc) is 2.71. The summed E-state index contributed by atoms with van der Waals surface area (Å²) < 4.78 is 0. The first-order valence-corrected chi connectivity index (χ1v) is 9.51. The van der Waals surface area contributed by atoms with Gasteiger partial charge in [0.15, 0.2) is 0 Å². The third-order valence-electron chi connectivity index (χ3n) is 4.73. The van der Waals surface area contributed by atoms with E-state index >= 15 is 0 Å². The van der Waals surface area contributed by atoms with E-state index in [9.17, 15) is 14.4 Å². The number of hydrogen-bond donors (Lipinski definition) is 2. The molecule has 0 aliphatic carbocycles. The largest absolute Gasteiger partial charge is 0.345 e. The number of para-hydroxylation sites is 1. The SMILES string of the molecule is CCCCC(NC(=O)c1ccccc1N1CCC(=O)NC1=O)c1cccnc1. The molecule has 0 saturated carbocycles. The van der Waals surface area contributed by atoms with Gasteiger partial charge in [0.2, 0.25) is 5.91 Å². The van der Waals surface area contributed by atoms with Gasteiger partial charge in [0.05, 0.1) is 17.3 Å². The molecule has 1 aromatic carbocycles. The van der Waals surface area contributed by atoms with Crippen molar-refractivity contribution in [2.24, 2.45) is 0 Å². The molecule has 0 radical (unpaired) electrons. The number of imide groups is 1. The molecule has 0 spiro atoms. The lowest BCUT2D eigenvalue weighted by Gasteiger charge is -2.28. The fourth-order valence-corrected chi connectivity index (χ4v) is 3.24. The first kappa shape index (κ1) is 19.5. The van der Waals surface area contributed by atoms with Crippen molar-refractivity contribution in [3.63, 3.8) is 0 Å². The summed E-state index contributed by atoms with van der Waals surface area (Å²) in [5.41, 5.74) is 1.84. The fraction of sp³-hybridized carbons (Fsp3) is 0.333. The molecular formula is C21H24N4O3. The minimum atomic E-state index is -0.508. The molecule has 2 heterocycles. The van der Waals surface area contributed by atoms with E-state index in [0.717, 1.165) is 24.8 Å². The predicted octanol–water partition coefficient (Wildman–Crippen LogP) is 3.19. The highest BCUT2D eigenvalue weighted by Gasteiger charge is 2.28. The van der Waals surface area contributed by atoms with Crippen molar-refractivity contribution >= 4 is 23.5 Å². The van der Waals surface area contributed by atoms with Crippen molar-refractivity contribution in [1.29, 1.82) is 0 Å². The van der Waals surface area contributed by atoms with Gasteiger partial charge in [-0.25, -0.2) is 4.79 Å². The Hall–Kier alpha value is -3.22. The van der Waals surface area contributed by atoms with Gasteiger partial charge in [-0.05, 0) is 30.2 Å². The van der Waals surface area contributed by atoms with Gasteiger partial charge in [-0.15, -0.1) is 0 Å². The Kier molecular flexibility index (Phi) is 6.37. The van der Waals surface area contributed by atoms with Crippen molar-refractivity contribution in [2.75, 3.05) is 11.4 Å². The summed E-state index contributed by atoms with van der Waals surface area (Å²) in [7, 11) is 0. The second-order valence-electron chi connectivity index (χ2n) is 6.73. The minimum absolute atomic E-state index is 0.161. The molecule has 1 aliphatic heterocycles. The highest BCUT2D eigenvalue weighted by atomic mass is 16.2. The second kappa shape index (κ2) is 9.12. The molecule has 1 aromatic heterocycles. The Morgan fingerprint density at radius 1 is 1.25 bits per heavy atom. The Morgan fingerprint density at radius 3 is 2.79 bits per heavy atom. The van der Waals surface area contributed by atoms with E-state index in [2.05, 4.69) is 22.5 Å². The first-order valence-electron chi connectivity index (χ1n) is 9.51. The Balaban J connectivity index is 1.83. The van der Waals surface area contributed by atoms with Gasteiger partial charge < -0.3 is 5.32 Å². The third-order valence-corrected chi connectivity index (χ3v) is 4.73. The van der Waals surface area contributed by atoms with Gasteiger partial charge in [0, 0.05) is 25.4 Å². The van der Waals surface area contributed by atoms with Crippen LogP contribution in [0.4, 0.5) is 10.5 Å². The van der Waals surface area contributed by atoms with Crippen LogP contribution in [0.5, 0.6) is 0 Å². The fourth-order valence-electron chi connectivity index (χ4n) is 3.24. The Labute approximate surface area is 164 Å². The molecule has 7 nitrogen and oxygen atoms in total. The summed E-state index contributed by atoms with van der Waals surface area (Å²) in [6.07, 6.45) is 6.46. The molecule has 146 valence electrons. The summed E-state index contributed by atoms with van der Waals surface area (Å²) in [4.78, 5) is 42.3. The number of nitrogens with zero attached hydrogens (tertiary/aromatic N) is 2. The zero-order chi connectivity index (χ0) is 19.9. The number of hydrogen-bond acceptors (Lipinski definition) is 4. The number of amides is 4. The van der Waals surface area contributed by atoms with Gasteiger partial charge in [-0.1, -0.05) is 38.0 Å². The molecule has 28 heavy (non-hydrogen) atoms. The normalized spacial score (nSPS) is 15.1. The zero-order valence-electron chi connectivity index (χ0n) is 15.9. The lowest BCUT2D eigenvalue weighted by Crippen LogP contribution is -2.50. The maximum absolute atomic E-state index is 13.1. The number of aromatic nitrogens is 1. The monoisotopic (exact) mass is 380 g/mol. The van der Waals surface area contributed by atoms with Crippen LogP contribution in [0.3, 0.4) is 0 Å². The molecule has 1 fully saturated rings. The maximum atomic E-state index is 13.1. The molecule has 1 aliphatic rings. The van der Waals surface area contributed by atoms with Crippen molar-refractivity contribution < 1.29 is 14.4 Å². The third kappa shape index (κ3) is 4.54. The van der Waals surface area contributed by atoms with E-state index in [-0.39, 0.29) is 30.8 Å². The van der Waals surface area contributed by atoms with E-state index in [0.29, 0.717) is 11.3 Å². The van der Waals surface area contributed by atoms with E-state index in [1.165, 1.54) is 4.90 Å². The van der Waals surface area contributed by atoms with Crippen LogP contribution < -0.4 is 15.5 Å². The van der Waals surface area contributed by atoms with Gasteiger partial charge in [-0.2, -0.15) is 0 Å². The molecule has 4 amide bonds. The lowest BCUT2D eigenvalue weighted by atomic mass is 10.0. The number of unbranched alkanes of at least 4 members (excludes halogenated alkanes) is 1. The van der Waals surface area contributed by atoms with Crippen molar-refractivity contribution in [3.05, 3.63) is 59.9 Å². The quantitative estimate of drug-likeness (QED) is 0.772. The lowest BCUT2D eigenvalue weighted by molar-refractivity contribution is -0.120. The highest BCUT2D eigenvalue weighted by Crippen LogP contribution is 2.25. The molecule has 2 aromatic rings. The molecular weight excluding hydrogens is 356 g/mol. The summed E-state index contributed by atoms with van der Waals surface area (Å²) in [5, 5.41) is 5.38. The van der Waals surface area contributed by atoms with Gasteiger partial charge in [0.1, 0.15) is 0 Å². The Bertz CT molecular complexity index is 854. The maximum Gasteiger partial charge on any atom is 0.328 e. The number of carbonyl (C=O) groups excluding carboxylic acids is 3. The van der Waals surface area contributed by atoms with Crippen LogP contribution in [-0.4, -0.2) is 29.4 Å². The van der Waals surface area contributed by atoms with Crippen LogP contribution in [0.15, 0.2) is 48.8 Å². The number of carbonyl (C=O) groups is 3. The standard InChI is InChI=1S/C21H24N4O3/c1-2-3-9-17(15-7-6-12-22-14-15)23-20(27)16-8-4-5-10-18(16)25-13-11-19(26)24-21(25)28/h4-8,10,12,14,17H,2-3,9,11,13H2,1H3,(H,23,27)(H,24,26,28). The van der Waals surface area contributed by atoms with Crippen LogP contribution in [0.2, 0.25) is 0 Å². The summed E-state index contributed by atoms with van der Waals surface area (Å²) in [5.74, 6) is -0.565. The van der Waals surface area contributed by atoms with Gasteiger partial charge >= 0.3 is 6.03 Å². The van der Waals surface area contributed by atoms with Crippen LogP contribution in [0, 0.1) is 0 Å².